The number of nitrogens with zero attached hydrogens (tertiary/aromatic N) is 5. The lowest BCUT2D eigenvalue weighted by Crippen LogP contribution is -2.22. The third-order valence-corrected chi connectivity index (χ3v) is 6.74. The number of allylic oxidation sites excluding steroid dienone is 1. The fourth-order valence-corrected chi connectivity index (χ4v) is 5.36. The Bertz CT molecular complexity index is 1460. The number of carbonyl (C=O) groups excluding carboxylic acids is 1. The highest BCUT2D eigenvalue weighted by atomic mass is 32.2. The Hall–Kier alpha value is -3.62. The second-order valence-corrected chi connectivity index (χ2v) is 8.60. The monoisotopic (exact) mass is 466 g/mol. The zero-order valence-corrected chi connectivity index (χ0v) is 18.7. The molecule has 0 aliphatic carbocycles. The molecule has 32 heavy (non-hydrogen) atoms. The van der Waals surface area contributed by atoms with Gasteiger partial charge in [-0.25, -0.2) is 4.79 Å². The molecule has 4 aromatic rings. The third-order valence-electron chi connectivity index (χ3n) is 4.74. The van der Waals surface area contributed by atoms with Gasteiger partial charge < -0.3 is 10.5 Å². The number of fused-ring (bicyclic) bond motifs is 3. The number of hydrogen-bond acceptors (Lipinski definition) is 9. The van der Waals surface area contributed by atoms with Crippen molar-refractivity contribution >= 4 is 50.7 Å². The topological polar surface area (TPSA) is 128 Å². The summed E-state index contributed by atoms with van der Waals surface area (Å²) in [5.41, 5.74) is 7.21. The van der Waals surface area contributed by atoms with Gasteiger partial charge in [0.1, 0.15) is 15.9 Å². The summed E-state index contributed by atoms with van der Waals surface area (Å²) in [7, 11) is 0. The van der Waals surface area contributed by atoms with Crippen molar-refractivity contribution in [2.24, 2.45) is 0 Å². The lowest BCUT2D eigenvalue weighted by Gasteiger charge is -2.09. The van der Waals surface area contributed by atoms with E-state index in [1.54, 1.807) is 29.5 Å². The quantitative estimate of drug-likeness (QED) is 0.250. The molecule has 11 heteroatoms. The molecule has 0 saturated heterocycles. The van der Waals surface area contributed by atoms with Crippen LogP contribution in [0, 0.1) is 11.3 Å². The molecule has 1 aromatic carbocycles. The van der Waals surface area contributed by atoms with Gasteiger partial charge in [0.25, 0.3) is 5.56 Å². The molecule has 0 saturated carbocycles. The zero-order chi connectivity index (χ0) is 22.8. The molecule has 0 radical (unpaired) electrons. The average Bonchev–Trinajstić information content (AvgIpc) is 3.36. The van der Waals surface area contributed by atoms with Crippen molar-refractivity contribution in [2.75, 3.05) is 12.3 Å². The first-order valence-corrected chi connectivity index (χ1v) is 11.4. The fourth-order valence-electron chi connectivity index (χ4n) is 3.36. The standard InChI is InChI=1S/C21H18N6O3S2/c1-3-9-26-18(28)12-7-5-6-8-15(12)27-20(26)24-25-21(27)31-11-14-13(10-22)17(23)32-16(14)19(29)30-4-2/h3,5-8H,1,4,9,11,23H2,2H3. The largest absolute Gasteiger partial charge is 0.462 e. The Morgan fingerprint density at radius 1 is 1.41 bits per heavy atom. The summed E-state index contributed by atoms with van der Waals surface area (Å²) >= 11 is 2.33. The highest BCUT2D eigenvalue weighted by Crippen LogP contribution is 2.35. The van der Waals surface area contributed by atoms with Gasteiger partial charge in [-0.05, 0) is 19.1 Å². The van der Waals surface area contributed by atoms with E-state index in [1.807, 2.05) is 12.1 Å². The lowest BCUT2D eigenvalue weighted by molar-refractivity contribution is 0.0531. The third kappa shape index (κ3) is 3.53. The van der Waals surface area contributed by atoms with Crippen LogP contribution in [0.15, 0.2) is 46.9 Å². The highest BCUT2D eigenvalue weighted by Gasteiger charge is 2.24. The van der Waals surface area contributed by atoms with E-state index in [9.17, 15) is 14.9 Å². The van der Waals surface area contributed by atoms with Gasteiger partial charge in [-0.2, -0.15) is 5.26 Å². The van der Waals surface area contributed by atoms with E-state index in [1.165, 1.54) is 16.3 Å². The van der Waals surface area contributed by atoms with Crippen molar-refractivity contribution in [1.82, 2.24) is 19.2 Å². The van der Waals surface area contributed by atoms with Crippen molar-refractivity contribution in [3.05, 3.63) is 63.3 Å². The van der Waals surface area contributed by atoms with Gasteiger partial charge in [0.05, 0.1) is 23.1 Å². The van der Waals surface area contributed by atoms with Crippen LogP contribution in [0.5, 0.6) is 0 Å². The van der Waals surface area contributed by atoms with Crippen LogP contribution in [-0.2, 0) is 17.0 Å². The average molecular weight is 467 g/mol. The van der Waals surface area contributed by atoms with Gasteiger partial charge in [-0.3, -0.25) is 13.8 Å². The molecule has 0 fully saturated rings. The first-order chi connectivity index (χ1) is 15.5. The van der Waals surface area contributed by atoms with E-state index < -0.39 is 5.97 Å². The zero-order valence-electron chi connectivity index (χ0n) is 17.1. The van der Waals surface area contributed by atoms with E-state index in [0.717, 1.165) is 11.3 Å². The van der Waals surface area contributed by atoms with Gasteiger partial charge in [-0.1, -0.05) is 30.0 Å². The number of para-hydroxylation sites is 1. The van der Waals surface area contributed by atoms with Gasteiger partial charge in [-0.15, -0.1) is 28.1 Å². The van der Waals surface area contributed by atoms with Crippen molar-refractivity contribution in [2.45, 2.75) is 24.4 Å². The predicted molar refractivity (Wildman–Crippen MR) is 124 cm³/mol. The second-order valence-electron chi connectivity index (χ2n) is 6.61. The van der Waals surface area contributed by atoms with E-state index in [0.29, 0.717) is 32.3 Å². The number of nitrogens with two attached hydrogens (primary N) is 1. The van der Waals surface area contributed by atoms with Gasteiger partial charge >= 0.3 is 5.97 Å². The van der Waals surface area contributed by atoms with E-state index in [2.05, 4.69) is 22.8 Å². The molecule has 0 unspecified atom stereocenters. The maximum Gasteiger partial charge on any atom is 0.348 e. The minimum Gasteiger partial charge on any atom is -0.462 e. The maximum absolute atomic E-state index is 12.9. The number of carbonyl (C=O) groups is 1. The molecule has 0 atom stereocenters. The number of rotatable bonds is 7. The number of nitrogen functional groups attached to an aromatic ring is 1. The molecule has 0 spiro atoms. The molecule has 9 nitrogen and oxygen atoms in total. The second kappa shape index (κ2) is 8.86. The summed E-state index contributed by atoms with van der Waals surface area (Å²) in [5.74, 6) is 0.116. The number of nitriles is 1. The van der Waals surface area contributed by atoms with Gasteiger partial charge in [0.2, 0.25) is 5.78 Å². The molecule has 0 aliphatic heterocycles. The number of thioether (sulfide) groups is 1. The number of aromatic nitrogens is 4. The van der Waals surface area contributed by atoms with Crippen LogP contribution in [0.4, 0.5) is 5.00 Å². The molecule has 162 valence electrons. The molecule has 3 aromatic heterocycles. The number of hydrogen-bond donors (Lipinski definition) is 1. The Kier molecular flexibility index (Phi) is 5.98. The minimum atomic E-state index is -0.516. The number of benzene rings is 1. The van der Waals surface area contributed by atoms with Crippen LogP contribution in [0.3, 0.4) is 0 Å². The minimum absolute atomic E-state index is 0.182. The Morgan fingerprint density at radius 3 is 2.91 bits per heavy atom. The Morgan fingerprint density at radius 2 is 2.19 bits per heavy atom. The maximum atomic E-state index is 12.9. The molecule has 4 rings (SSSR count). The van der Waals surface area contributed by atoms with Crippen LogP contribution in [0.1, 0.15) is 27.7 Å². The van der Waals surface area contributed by atoms with Crippen molar-refractivity contribution < 1.29 is 9.53 Å². The van der Waals surface area contributed by atoms with Crippen LogP contribution in [-0.4, -0.2) is 31.7 Å². The van der Waals surface area contributed by atoms with E-state index >= 15 is 0 Å². The van der Waals surface area contributed by atoms with Crippen LogP contribution < -0.4 is 11.3 Å². The smallest absolute Gasteiger partial charge is 0.348 e. The first kappa shape index (κ1) is 21.6. The van der Waals surface area contributed by atoms with Crippen LogP contribution in [0.25, 0.3) is 16.7 Å². The summed E-state index contributed by atoms with van der Waals surface area (Å²) in [6, 6.07) is 9.27. The fraction of sp³-hybridized carbons (Fsp3) is 0.190. The van der Waals surface area contributed by atoms with Crippen molar-refractivity contribution in [3.8, 4) is 6.07 Å². The molecule has 0 bridgehead atoms. The molecule has 2 N–H and O–H groups in total. The van der Waals surface area contributed by atoms with Crippen LogP contribution >= 0.6 is 23.1 Å². The SMILES string of the molecule is C=CCn1c(=O)c2ccccc2n2c(SCc3c(C(=O)OCC)sc(N)c3C#N)nnc12. The number of ether oxygens (including phenoxy) is 1. The van der Waals surface area contributed by atoms with Gasteiger partial charge in [0, 0.05) is 17.9 Å². The Balaban J connectivity index is 1.83. The number of thiophene rings is 1. The number of esters is 1. The molecule has 0 amide bonds. The normalized spacial score (nSPS) is 11.0. The first-order valence-electron chi connectivity index (χ1n) is 9.60. The number of anilines is 1. The summed E-state index contributed by atoms with van der Waals surface area (Å²) in [6.45, 7) is 5.93. The molecular formula is C21H18N6O3S2. The van der Waals surface area contributed by atoms with E-state index in [4.69, 9.17) is 10.5 Å². The highest BCUT2D eigenvalue weighted by molar-refractivity contribution is 7.98. The molecule has 0 aliphatic rings. The molecule has 3 heterocycles. The lowest BCUT2D eigenvalue weighted by atomic mass is 10.2. The predicted octanol–water partition coefficient (Wildman–Crippen LogP) is 3.21. The Labute approximate surface area is 190 Å². The summed E-state index contributed by atoms with van der Waals surface area (Å²) in [4.78, 5) is 25.6. The summed E-state index contributed by atoms with van der Waals surface area (Å²) in [5, 5.41) is 19.4. The molecular weight excluding hydrogens is 448 g/mol. The van der Waals surface area contributed by atoms with E-state index in [-0.39, 0.29) is 35.0 Å². The van der Waals surface area contributed by atoms with Crippen molar-refractivity contribution in [1.29, 1.82) is 5.26 Å². The summed E-state index contributed by atoms with van der Waals surface area (Å²) in [6.07, 6.45) is 1.62. The summed E-state index contributed by atoms with van der Waals surface area (Å²) < 4.78 is 8.41. The van der Waals surface area contributed by atoms with Crippen molar-refractivity contribution in [3.63, 3.8) is 0 Å². The van der Waals surface area contributed by atoms with Gasteiger partial charge in [0.15, 0.2) is 5.16 Å². The van der Waals surface area contributed by atoms with Crippen LogP contribution in [0.2, 0.25) is 0 Å².